The van der Waals surface area contributed by atoms with Crippen LogP contribution in [-0.4, -0.2) is 40.0 Å². The lowest BCUT2D eigenvalue weighted by atomic mass is 10.0. The van der Waals surface area contributed by atoms with Gasteiger partial charge in [0, 0.05) is 24.0 Å². The maximum atomic E-state index is 12.5. The predicted octanol–water partition coefficient (Wildman–Crippen LogP) is 1.46. The predicted molar refractivity (Wildman–Crippen MR) is 84.3 cm³/mol. The van der Waals surface area contributed by atoms with Gasteiger partial charge in [0.15, 0.2) is 0 Å². The summed E-state index contributed by atoms with van der Waals surface area (Å²) in [6.07, 6.45) is 0.805. The second-order valence-electron chi connectivity index (χ2n) is 5.62. The Hall–Kier alpha value is -0.470. The van der Waals surface area contributed by atoms with Crippen molar-refractivity contribution in [1.29, 1.82) is 0 Å². The molecule has 0 bridgehead atoms. The van der Waals surface area contributed by atoms with Crippen LogP contribution in [0.3, 0.4) is 0 Å². The average molecular weight is 319 g/mol. The zero-order chi connectivity index (χ0) is 15.3. The zero-order valence-corrected chi connectivity index (χ0v) is 14.2. The largest absolute Gasteiger partial charge is 0.326 e. The molecule has 1 heterocycles. The molecule has 0 aliphatic heterocycles. The molecule has 1 unspecified atom stereocenters. The summed E-state index contributed by atoms with van der Waals surface area (Å²) in [6, 6.07) is 1.53. The third-order valence-electron chi connectivity index (χ3n) is 2.84. The van der Waals surface area contributed by atoms with Crippen molar-refractivity contribution in [2.24, 2.45) is 11.7 Å². The zero-order valence-electron chi connectivity index (χ0n) is 12.6. The lowest BCUT2D eigenvalue weighted by molar-refractivity contribution is 0.329. The highest BCUT2D eigenvalue weighted by Crippen LogP contribution is 2.22. The third kappa shape index (κ3) is 5.14. The summed E-state index contributed by atoms with van der Waals surface area (Å²) in [5.41, 5.74) is 5.59. The normalized spacial score (nSPS) is 14.2. The standard InChI is InChI=1S/C13H25N3O2S2/c1-10(2)7-11(9-16(3)4)15-20(17,18)13-5-6-19-12(13)8-14/h5-6,10-11,15H,7-9,14H2,1-4H3. The van der Waals surface area contributed by atoms with E-state index in [-0.39, 0.29) is 12.6 Å². The van der Waals surface area contributed by atoms with E-state index in [0.29, 0.717) is 22.2 Å². The van der Waals surface area contributed by atoms with Gasteiger partial charge in [-0.25, -0.2) is 13.1 Å². The SMILES string of the molecule is CC(C)CC(CN(C)C)NS(=O)(=O)c1ccsc1CN. The average Bonchev–Trinajstić information content (AvgIpc) is 2.74. The molecule has 116 valence electrons. The molecule has 1 aromatic rings. The Bertz CT molecular complexity index is 499. The lowest BCUT2D eigenvalue weighted by Crippen LogP contribution is -2.42. The first-order valence-electron chi connectivity index (χ1n) is 6.69. The maximum absolute atomic E-state index is 12.5. The molecule has 3 N–H and O–H groups in total. The molecule has 20 heavy (non-hydrogen) atoms. The van der Waals surface area contributed by atoms with Crippen LogP contribution in [0.1, 0.15) is 25.1 Å². The van der Waals surface area contributed by atoms with E-state index in [9.17, 15) is 8.42 Å². The number of thiophene rings is 1. The number of nitrogens with two attached hydrogens (primary N) is 1. The van der Waals surface area contributed by atoms with E-state index in [4.69, 9.17) is 5.73 Å². The van der Waals surface area contributed by atoms with Gasteiger partial charge < -0.3 is 10.6 Å². The molecule has 0 fully saturated rings. The summed E-state index contributed by atoms with van der Waals surface area (Å²) < 4.78 is 27.8. The summed E-state index contributed by atoms with van der Waals surface area (Å²) in [7, 11) is 0.388. The van der Waals surface area contributed by atoms with Crippen molar-refractivity contribution < 1.29 is 8.42 Å². The quantitative estimate of drug-likeness (QED) is 0.761. The fourth-order valence-electron chi connectivity index (χ4n) is 2.17. The molecule has 0 aliphatic carbocycles. The second-order valence-corrected chi connectivity index (χ2v) is 8.31. The minimum atomic E-state index is -3.50. The number of likely N-dealkylation sites (N-methyl/N-ethyl adjacent to an activating group) is 1. The minimum absolute atomic E-state index is 0.0967. The van der Waals surface area contributed by atoms with Crippen LogP contribution >= 0.6 is 11.3 Å². The Balaban J connectivity index is 2.90. The van der Waals surface area contributed by atoms with Crippen molar-refractivity contribution in [3.63, 3.8) is 0 Å². The molecular formula is C13H25N3O2S2. The van der Waals surface area contributed by atoms with Gasteiger partial charge in [-0.3, -0.25) is 0 Å². The van der Waals surface area contributed by atoms with Gasteiger partial charge >= 0.3 is 0 Å². The smallest absolute Gasteiger partial charge is 0.242 e. The Morgan fingerprint density at radius 1 is 1.40 bits per heavy atom. The second kappa shape index (κ2) is 7.51. The minimum Gasteiger partial charge on any atom is -0.326 e. The van der Waals surface area contributed by atoms with Crippen LogP contribution < -0.4 is 10.5 Å². The molecule has 1 atom stereocenters. The summed E-state index contributed by atoms with van der Waals surface area (Å²) >= 11 is 1.38. The van der Waals surface area contributed by atoms with Gasteiger partial charge in [0.25, 0.3) is 0 Å². The van der Waals surface area contributed by atoms with Gasteiger partial charge in [-0.1, -0.05) is 13.8 Å². The number of nitrogens with zero attached hydrogens (tertiary/aromatic N) is 1. The first kappa shape index (κ1) is 17.6. The molecule has 0 saturated heterocycles. The Labute approximate surface area is 126 Å². The van der Waals surface area contributed by atoms with Crippen molar-refractivity contribution in [3.8, 4) is 0 Å². The Morgan fingerprint density at radius 3 is 2.55 bits per heavy atom. The van der Waals surface area contributed by atoms with E-state index in [1.807, 2.05) is 19.0 Å². The van der Waals surface area contributed by atoms with E-state index in [2.05, 4.69) is 18.6 Å². The molecule has 0 amide bonds. The number of rotatable bonds is 8. The van der Waals surface area contributed by atoms with Gasteiger partial charge in [-0.2, -0.15) is 0 Å². The number of hydrogen-bond donors (Lipinski definition) is 2. The molecular weight excluding hydrogens is 294 g/mol. The Kier molecular flexibility index (Phi) is 6.60. The highest BCUT2D eigenvalue weighted by atomic mass is 32.2. The number of nitrogens with one attached hydrogen (secondary N) is 1. The monoisotopic (exact) mass is 319 g/mol. The van der Waals surface area contributed by atoms with Crippen LogP contribution in [0.2, 0.25) is 0 Å². The molecule has 5 nitrogen and oxygen atoms in total. The van der Waals surface area contributed by atoms with Gasteiger partial charge in [-0.05, 0) is 37.9 Å². The summed E-state index contributed by atoms with van der Waals surface area (Å²) in [5.74, 6) is 0.430. The molecule has 1 aromatic heterocycles. The van der Waals surface area contributed by atoms with Crippen molar-refractivity contribution in [2.45, 2.75) is 37.8 Å². The Morgan fingerprint density at radius 2 is 2.05 bits per heavy atom. The van der Waals surface area contributed by atoms with E-state index in [0.717, 1.165) is 6.42 Å². The molecule has 0 aliphatic rings. The highest BCUT2D eigenvalue weighted by Gasteiger charge is 2.24. The fourth-order valence-corrected chi connectivity index (χ4v) is 4.74. The molecule has 1 rings (SSSR count). The molecule has 0 saturated carbocycles. The number of hydrogen-bond acceptors (Lipinski definition) is 5. The van der Waals surface area contributed by atoms with Crippen LogP contribution in [0.5, 0.6) is 0 Å². The van der Waals surface area contributed by atoms with Crippen LogP contribution in [0.25, 0.3) is 0 Å². The van der Waals surface area contributed by atoms with Gasteiger partial charge in [0.1, 0.15) is 0 Å². The van der Waals surface area contributed by atoms with Crippen molar-refractivity contribution >= 4 is 21.4 Å². The van der Waals surface area contributed by atoms with E-state index in [1.54, 1.807) is 11.4 Å². The molecule has 0 spiro atoms. The molecule has 7 heteroatoms. The maximum Gasteiger partial charge on any atom is 0.242 e. The van der Waals surface area contributed by atoms with Crippen LogP contribution in [0, 0.1) is 5.92 Å². The van der Waals surface area contributed by atoms with Crippen molar-refractivity contribution in [3.05, 3.63) is 16.3 Å². The first-order chi connectivity index (χ1) is 9.26. The summed E-state index contributed by atoms with van der Waals surface area (Å²) in [6.45, 7) is 5.11. The summed E-state index contributed by atoms with van der Waals surface area (Å²) in [4.78, 5) is 3.01. The topological polar surface area (TPSA) is 75.4 Å². The van der Waals surface area contributed by atoms with E-state index in [1.165, 1.54) is 11.3 Å². The van der Waals surface area contributed by atoms with E-state index >= 15 is 0 Å². The summed E-state index contributed by atoms with van der Waals surface area (Å²) in [5, 5.41) is 1.76. The highest BCUT2D eigenvalue weighted by molar-refractivity contribution is 7.89. The van der Waals surface area contributed by atoms with Gasteiger partial charge in [0.2, 0.25) is 10.0 Å². The van der Waals surface area contributed by atoms with Crippen LogP contribution in [-0.2, 0) is 16.6 Å². The fraction of sp³-hybridized carbons (Fsp3) is 0.692. The lowest BCUT2D eigenvalue weighted by Gasteiger charge is -2.23. The van der Waals surface area contributed by atoms with Gasteiger partial charge in [-0.15, -0.1) is 11.3 Å². The first-order valence-corrected chi connectivity index (χ1v) is 9.06. The number of sulfonamides is 1. The van der Waals surface area contributed by atoms with Crippen molar-refractivity contribution in [1.82, 2.24) is 9.62 Å². The molecule has 0 aromatic carbocycles. The third-order valence-corrected chi connectivity index (χ3v) is 5.52. The van der Waals surface area contributed by atoms with Crippen LogP contribution in [0.4, 0.5) is 0 Å². The molecule has 0 radical (unpaired) electrons. The van der Waals surface area contributed by atoms with Gasteiger partial charge in [0.05, 0.1) is 4.90 Å². The van der Waals surface area contributed by atoms with Crippen LogP contribution in [0.15, 0.2) is 16.3 Å². The van der Waals surface area contributed by atoms with Crippen molar-refractivity contribution in [2.75, 3.05) is 20.6 Å². The van der Waals surface area contributed by atoms with E-state index < -0.39 is 10.0 Å².